The summed E-state index contributed by atoms with van der Waals surface area (Å²) in [5, 5.41) is 11.1. The molecule has 0 saturated heterocycles. The van der Waals surface area contributed by atoms with Gasteiger partial charge < -0.3 is 14.5 Å². The number of aromatic nitrogens is 2. The van der Waals surface area contributed by atoms with Crippen LogP contribution in [0.25, 0.3) is 10.9 Å². The van der Waals surface area contributed by atoms with E-state index in [2.05, 4.69) is 9.97 Å². The molecular formula is C12H10N2O2. The Morgan fingerprint density at radius 3 is 3.06 bits per heavy atom. The van der Waals surface area contributed by atoms with E-state index in [9.17, 15) is 5.11 Å². The third-order valence-electron chi connectivity index (χ3n) is 2.60. The number of rotatable bonds is 2. The fraction of sp³-hybridized carbons (Fsp3) is 0.0833. The summed E-state index contributed by atoms with van der Waals surface area (Å²) in [6.07, 6.45) is 5.86. The Hall–Kier alpha value is -2.07. The number of aliphatic hydroxyl groups is 1. The van der Waals surface area contributed by atoms with Crippen LogP contribution < -0.4 is 0 Å². The molecule has 4 nitrogen and oxygen atoms in total. The lowest BCUT2D eigenvalue weighted by atomic mass is 10.1. The Kier molecular flexibility index (Phi) is 2.01. The molecule has 0 aromatic carbocycles. The highest BCUT2D eigenvalue weighted by Crippen LogP contribution is 2.24. The minimum atomic E-state index is -0.689. The molecule has 0 amide bonds. The van der Waals surface area contributed by atoms with Crippen molar-refractivity contribution in [2.24, 2.45) is 0 Å². The van der Waals surface area contributed by atoms with E-state index in [1.165, 1.54) is 6.26 Å². The quantitative estimate of drug-likeness (QED) is 0.687. The lowest BCUT2D eigenvalue weighted by Gasteiger charge is -2.04. The van der Waals surface area contributed by atoms with Crippen LogP contribution in [0.5, 0.6) is 0 Å². The number of hydrogen-bond acceptors (Lipinski definition) is 3. The number of fused-ring (bicyclic) bond motifs is 1. The minimum Gasteiger partial charge on any atom is -0.472 e. The Morgan fingerprint density at radius 1 is 1.38 bits per heavy atom. The molecule has 0 aliphatic carbocycles. The van der Waals surface area contributed by atoms with E-state index < -0.39 is 6.10 Å². The number of nitrogens with one attached hydrogen (secondary N) is 1. The molecule has 0 unspecified atom stereocenters. The average Bonchev–Trinajstić information content (AvgIpc) is 2.97. The van der Waals surface area contributed by atoms with Gasteiger partial charge in [-0.05, 0) is 18.2 Å². The zero-order valence-corrected chi connectivity index (χ0v) is 8.42. The molecule has 0 aliphatic rings. The number of nitrogens with zero attached hydrogens (tertiary/aromatic N) is 1. The van der Waals surface area contributed by atoms with Crippen molar-refractivity contribution in [1.82, 2.24) is 9.97 Å². The summed E-state index contributed by atoms with van der Waals surface area (Å²) in [6, 6.07) is 5.56. The first-order valence-corrected chi connectivity index (χ1v) is 4.97. The lowest BCUT2D eigenvalue weighted by molar-refractivity contribution is 0.215. The molecule has 3 aromatic heterocycles. The molecule has 0 aliphatic heterocycles. The van der Waals surface area contributed by atoms with Gasteiger partial charge in [0, 0.05) is 22.8 Å². The van der Waals surface area contributed by atoms with Crippen molar-refractivity contribution in [1.29, 1.82) is 0 Å². The second kappa shape index (κ2) is 3.50. The summed E-state index contributed by atoms with van der Waals surface area (Å²) >= 11 is 0. The van der Waals surface area contributed by atoms with Gasteiger partial charge in [-0.25, -0.2) is 0 Å². The number of H-pyrrole nitrogens is 1. The summed E-state index contributed by atoms with van der Waals surface area (Å²) in [6.45, 7) is 0. The average molecular weight is 214 g/mol. The maximum atomic E-state index is 10.1. The van der Waals surface area contributed by atoms with Gasteiger partial charge in [-0.2, -0.15) is 0 Å². The Balaban J connectivity index is 2.06. The van der Waals surface area contributed by atoms with E-state index >= 15 is 0 Å². The topological polar surface area (TPSA) is 62.1 Å². The SMILES string of the molecule is O[C@H](c1ccoc1)c1cc2ccncc2[nH]1. The van der Waals surface area contributed by atoms with E-state index in [4.69, 9.17) is 4.42 Å². The van der Waals surface area contributed by atoms with Crippen LogP contribution in [-0.2, 0) is 0 Å². The summed E-state index contributed by atoms with van der Waals surface area (Å²) in [5.74, 6) is 0. The van der Waals surface area contributed by atoms with Crippen LogP contribution >= 0.6 is 0 Å². The van der Waals surface area contributed by atoms with Crippen LogP contribution in [0.15, 0.2) is 47.5 Å². The predicted octanol–water partition coefficient (Wildman–Crippen LogP) is 2.24. The van der Waals surface area contributed by atoms with Crippen LogP contribution in [-0.4, -0.2) is 15.1 Å². The maximum Gasteiger partial charge on any atom is 0.122 e. The van der Waals surface area contributed by atoms with Crippen molar-refractivity contribution < 1.29 is 9.52 Å². The highest BCUT2D eigenvalue weighted by atomic mass is 16.3. The van der Waals surface area contributed by atoms with Crippen LogP contribution in [0.4, 0.5) is 0 Å². The van der Waals surface area contributed by atoms with Crippen molar-refractivity contribution in [3.05, 3.63) is 54.4 Å². The van der Waals surface area contributed by atoms with Gasteiger partial charge in [-0.15, -0.1) is 0 Å². The Labute approximate surface area is 91.6 Å². The maximum absolute atomic E-state index is 10.1. The van der Waals surface area contributed by atoms with Crippen molar-refractivity contribution in [2.75, 3.05) is 0 Å². The number of hydrogen-bond donors (Lipinski definition) is 2. The first-order chi connectivity index (χ1) is 7.84. The Bertz CT molecular complexity index is 565. The van der Waals surface area contributed by atoms with Gasteiger partial charge in [0.1, 0.15) is 6.10 Å². The molecule has 2 N–H and O–H groups in total. The third kappa shape index (κ3) is 1.40. The molecule has 3 rings (SSSR count). The third-order valence-corrected chi connectivity index (χ3v) is 2.60. The van der Waals surface area contributed by atoms with Gasteiger partial charge in [0.05, 0.1) is 24.2 Å². The lowest BCUT2D eigenvalue weighted by Crippen LogP contribution is -1.97. The van der Waals surface area contributed by atoms with E-state index in [0.717, 1.165) is 22.2 Å². The second-order valence-electron chi connectivity index (χ2n) is 3.65. The summed E-state index contributed by atoms with van der Waals surface area (Å²) in [7, 11) is 0. The van der Waals surface area contributed by atoms with Gasteiger partial charge in [0.15, 0.2) is 0 Å². The van der Waals surface area contributed by atoms with Crippen molar-refractivity contribution in [2.45, 2.75) is 6.10 Å². The molecule has 4 heteroatoms. The fourth-order valence-electron chi connectivity index (χ4n) is 1.75. The molecule has 0 saturated carbocycles. The Morgan fingerprint density at radius 2 is 2.31 bits per heavy atom. The molecular weight excluding hydrogens is 204 g/mol. The van der Waals surface area contributed by atoms with E-state index in [1.54, 1.807) is 24.7 Å². The normalized spacial score (nSPS) is 13.1. The van der Waals surface area contributed by atoms with Crippen molar-refractivity contribution in [3.8, 4) is 0 Å². The van der Waals surface area contributed by atoms with Gasteiger partial charge in [0.25, 0.3) is 0 Å². The van der Waals surface area contributed by atoms with Crippen LogP contribution in [0, 0.1) is 0 Å². The monoisotopic (exact) mass is 214 g/mol. The van der Waals surface area contributed by atoms with Crippen molar-refractivity contribution in [3.63, 3.8) is 0 Å². The molecule has 3 aromatic rings. The highest BCUT2D eigenvalue weighted by Gasteiger charge is 2.13. The van der Waals surface area contributed by atoms with Gasteiger partial charge >= 0.3 is 0 Å². The number of furan rings is 1. The van der Waals surface area contributed by atoms with Gasteiger partial charge in [-0.1, -0.05) is 0 Å². The van der Waals surface area contributed by atoms with E-state index in [-0.39, 0.29) is 0 Å². The zero-order chi connectivity index (χ0) is 11.0. The van der Waals surface area contributed by atoms with Gasteiger partial charge in [0.2, 0.25) is 0 Å². The standard InChI is InChI=1S/C12H10N2O2/c15-12(9-2-4-16-7-9)10-5-8-1-3-13-6-11(8)14-10/h1-7,12,14-15H/t12-/m1/s1. The predicted molar refractivity (Wildman–Crippen MR) is 58.9 cm³/mol. The molecule has 1 atom stereocenters. The number of aliphatic hydroxyl groups excluding tert-OH is 1. The molecule has 16 heavy (non-hydrogen) atoms. The fourth-order valence-corrected chi connectivity index (χ4v) is 1.75. The number of aromatic amines is 1. The van der Waals surface area contributed by atoms with Crippen LogP contribution in [0.1, 0.15) is 17.4 Å². The molecule has 0 bridgehead atoms. The first-order valence-electron chi connectivity index (χ1n) is 4.97. The summed E-state index contributed by atoms with van der Waals surface area (Å²) < 4.78 is 4.94. The second-order valence-corrected chi connectivity index (χ2v) is 3.65. The number of pyridine rings is 1. The summed E-state index contributed by atoms with van der Waals surface area (Å²) in [5.41, 5.74) is 2.39. The minimum absolute atomic E-state index is 0.689. The first kappa shape index (κ1) is 9.18. The van der Waals surface area contributed by atoms with Crippen molar-refractivity contribution >= 4 is 10.9 Å². The van der Waals surface area contributed by atoms with Crippen LogP contribution in [0.3, 0.4) is 0 Å². The van der Waals surface area contributed by atoms with Crippen LogP contribution in [0.2, 0.25) is 0 Å². The van der Waals surface area contributed by atoms with E-state index in [0.29, 0.717) is 0 Å². The highest BCUT2D eigenvalue weighted by molar-refractivity contribution is 5.79. The van der Waals surface area contributed by atoms with E-state index in [1.807, 2.05) is 12.1 Å². The molecule has 80 valence electrons. The molecule has 0 fully saturated rings. The smallest absolute Gasteiger partial charge is 0.122 e. The summed E-state index contributed by atoms with van der Waals surface area (Å²) in [4.78, 5) is 7.15. The molecule has 3 heterocycles. The van der Waals surface area contributed by atoms with Gasteiger partial charge in [-0.3, -0.25) is 4.98 Å². The molecule has 0 spiro atoms. The zero-order valence-electron chi connectivity index (χ0n) is 8.42. The largest absolute Gasteiger partial charge is 0.472 e. The molecule has 0 radical (unpaired) electrons.